The summed E-state index contributed by atoms with van der Waals surface area (Å²) in [5, 5.41) is 15.3. The summed E-state index contributed by atoms with van der Waals surface area (Å²) in [4.78, 5) is 11.7. The Labute approximate surface area is 98.8 Å². The third-order valence-electron chi connectivity index (χ3n) is 2.89. The molecule has 1 unspecified atom stereocenters. The number of aromatic hydroxyl groups is 1. The lowest BCUT2D eigenvalue weighted by atomic mass is 10.1. The first kappa shape index (κ1) is 11.9. The monoisotopic (exact) mass is 238 g/mol. The van der Waals surface area contributed by atoms with Gasteiger partial charge in [-0.15, -0.1) is 0 Å². The fourth-order valence-electron chi connectivity index (χ4n) is 1.97. The second kappa shape index (κ2) is 5.14. The Bertz CT molecular complexity index is 397. The topological polar surface area (TPSA) is 61.4 Å². The van der Waals surface area contributed by atoms with Crippen LogP contribution in [0.3, 0.4) is 0 Å². The van der Waals surface area contributed by atoms with Crippen molar-refractivity contribution in [1.82, 2.24) is 10.6 Å². The van der Waals surface area contributed by atoms with E-state index in [-0.39, 0.29) is 17.4 Å². The van der Waals surface area contributed by atoms with Gasteiger partial charge in [0.25, 0.3) is 5.91 Å². The van der Waals surface area contributed by atoms with Crippen LogP contribution in [0, 0.1) is 5.82 Å². The number of carbonyl (C=O) groups excluding carboxylic acids is 1. The molecule has 2 rings (SSSR count). The zero-order chi connectivity index (χ0) is 12.3. The summed E-state index contributed by atoms with van der Waals surface area (Å²) < 4.78 is 13.4. The van der Waals surface area contributed by atoms with Gasteiger partial charge in [0.15, 0.2) is 0 Å². The lowest BCUT2D eigenvalue weighted by Gasteiger charge is -2.12. The number of hydrogen-bond acceptors (Lipinski definition) is 3. The van der Waals surface area contributed by atoms with E-state index in [1.807, 2.05) is 0 Å². The van der Waals surface area contributed by atoms with Gasteiger partial charge >= 0.3 is 0 Å². The smallest absolute Gasteiger partial charge is 0.258 e. The summed E-state index contributed by atoms with van der Waals surface area (Å²) >= 11 is 0. The molecule has 17 heavy (non-hydrogen) atoms. The molecule has 0 bridgehead atoms. The molecule has 0 spiro atoms. The average molecular weight is 238 g/mol. The van der Waals surface area contributed by atoms with Crippen LogP contribution in [-0.2, 0) is 0 Å². The van der Waals surface area contributed by atoms with E-state index in [2.05, 4.69) is 10.6 Å². The molecule has 4 nitrogen and oxygen atoms in total. The molecule has 1 heterocycles. The van der Waals surface area contributed by atoms with Crippen molar-refractivity contribution in [3.05, 3.63) is 29.6 Å². The predicted octanol–water partition coefficient (Wildman–Crippen LogP) is 1.01. The molecule has 92 valence electrons. The molecular weight excluding hydrogens is 223 g/mol. The molecule has 3 N–H and O–H groups in total. The van der Waals surface area contributed by atoms with Crippen LogP contribution in [0.5, 0.6) is 5.75 Å². The normalized spacial score (nSPS) is 19.2. The van der Waals surface area contributed by atoms with Crippen molar-refractivity contribution in [2.45, 2.75) is 18.9 Å². The number of benzene rings is 1. The zero-order valence-electron chi connectivity index (χ0n) is 9.37. The Balaban J connectivity index is 1.99. The highest BCUT2D eigenvalue weighted by Crippen LogP contribution is 2.19. The summed E-state index contributed by atoms with van der Waals surface area (Å²) in [6, 6.07) is 4.06. The van der Waals surface area contributed by atoms with E-state index in [1.54, 1.807) is 0 Å². The quantitative estimate of drug-likeness (QED) is 0.736. The van der Waals surface area contributed by atoms with Gasteiger partial charge in [0.05, 0.1) is 0 Å². The van der Waals surface area contributed by atoms with Crippen LogP contribution < -0.4 is 10.6 Å². The number of phenolic OH excluding ortho intramolecular Hbond substituents is 1. The molecule has 1 aliphatic rings. The standard InChI is InChI=1S/C12H15FN2O2/c13-9-4-1-5-10(16)11(9)12(17)15-7-8-3-2-6-14-8/h1,4-5,8,14,16H,2-3,6-7H2,(H,15,17). The average Bonchev–Trinajstić information content (AvgIpc) is 2.79. The largest absolute Gasteiger partial charge is 0.507 e. The maximum Gasteiger partial charge on any atom is 0.258 e. The van der Waals surface area contributed by atoms with Gasteiger partial charge in [-0.25, -0.2) is 4.39 Å². The maximum atomic E-state index is 13.4. The van der Waals surface area contributed by atoms with Crippen LogP contribution in [0.15, 0.2) is 18.2 Å². The lowest BCUT2D eigenvalue weighted by molar-refractivity contribution is 0.0943. The number of nitrogens with one attached hydrogen (secondary N) is 2. The van der Waals surface area contributed by atoms with Gasteiger partial charge in [-0.2, -0.15) is 0 Å². The van der Waals surface area contributed by atoms with E-state index < -0.39 is 11.7 Å². The Morgan fingerprint density at radius 1 is 1.59 bits per heavy atom. The minimum atomic E-state index is -0.707. The molecule has 1 aromatic rings. The van der Waals surface area contributed by atoms with Crippen molar-refractivity contribution >= 4 is 5.91 Å². The Morgan fingerprint density at radius 2 is 2.41 bits per heavy atom. The van der Waals surface area contributed by atoms with Crippen LogP contribution in [-0.4, -0.2) is 30.1 Å². The highest BCUT2D eigenvalue weighted by molar-refractivity contribution is 5.97. The van der Waals surface area contributed by atoms with Crippen molar-refractivity contribution in [2.75, 3.05) is 13.1 Å². The highest BCUT2D eigenvalue weighted by Gasteiger charge is 2.19. The van der Waals surface area contributed by atoms with Gasteiger partial charge < -0.3 is 15.7 Å². The van der Waals surface area contributed by atoms with Crippen LogP contribution in [0.4, 0.5) is 4.39 Å². The Kier molecular flexibility index (Phi) is 3.58. The van der Waals surface area contributed by atoms with E-state index in [0.717, 1.165) is 25.5 Å². The van der Waals surface area contributed by atoms with Crippen molar-refractivity contribution in [1.29, 1.82) is 0 Å². The number of hydrogen-bond donors (Lipinski definition) is 3. The van der Waals surface area contributed by atoms with Gasteiger partial charge in [-0.1, -0.05) is 6.07 Å². The van der Waals surface area contributed by atoms with E-state index in [0.29, 0.717) is 6.54 Å². The molecule has 1 amide bonds. The predicted molar refractivity (Wildman–Crippen MR) is 61.4 cm³/mol. The van der Waals surface area contributed by atoms with Gasteiger partial charge in [-0.05, 0) is 31.5 Å². The summed E-state index contributed by atoms with van der Waals surface area (Å²) in [7, 11) is 0. The minimum Gasteiger partial charge on any atom is -0.507 e. The van der Waals surface area contributed by atoms with Crippen LogP contribution in [0.1, 0.15) is 23.2 Å². The van der Waals surface area contributed by atoms with Gasteiger partial charge in [0.1, 0.15) is 17.1 Å². The molecule has 0 saturated carbocycles. The fourth-order valence-corrected chi connectivity index (χ4v) is 1.97. The van der Waals surface area contributed by atoms with Crippen LogP contribution in [0.2, 0.25) is 0 Å². The summed E-state index contributed by atoms with van der Waals surface area (Å²) in [5.74, 6) is -1.61. The summed E-state index contributed by atoms with van der Waals surface area (Å²) in [6.07, 6.45) is 2.09. The number of carbonyl (C=O) groups is 1. The summed E-state index contributed by atoms with van der Waals surface area (Å²) in [6.45, 7) is 1.40. The Morgan fingerprint density at radius 3 is 3.06 bits per heavy atom. The number of phenols is 1. The van der Waals surface area contributed by atoms with E-state index in [9.17, 15) is 14.3 Å². The van der Waals surface area contributed by atoms with Gasteiger partial charge in [-0.3, -0.25) is 4.79 Å². The van der Waals surface area contributed by atoms with Crippen molar-refractivity contribution < 1.29 is 14.3 Å². The fraction of sp³-hybridized carbons (Fsp3) is 0.417. The molecule has 1 aliphatic heterocycles. The Hall–Kier alpha value is -1.62. The minimum absolute atomic E-state index is 0.243. The molecule has 0 radical (unpaired) electrons. The highest BCUT2D eigenvalue weighted by atomic mass is 19.1. The SMILES string of the molecule is O=C(NCC1CCCN1)c1c(O)cccc1F. The molecule has 1 saturated heterocycles. The molecule has 0 aromatic heterocycles. The van der Waals surface area contributed by atoms with Gasteiger partial charge in [0.2, 0.25) is 0 Å². The zero-order valence-corrected chi connectivity index (χ0v) is 9.37. The molecule has 1 fully saturated rings. The molecule has 0 aliphatic carbocycles. The molecular formula is C12H15FN2O2. The first-order valence-corrected chi connectivity index (χ1v) is 5.67. The number of rotatable bonds is 3. The van der Waals surface area contributed by atoms with E-state index >= 15 is 0 Å². The van der Waals surface area contributed by atoms with Crippen LogP contribution in [0.25, 0.3) is 0 Å². The van der Waals surface area contributed by atoms with E-state index in [1.165, 1.54) is 12.1 Å². The molecule has 1 atom stereocenters. The van der Waals surface area contributed by atoms with Crippen LogP contribution >= 0.6 is 0 Å². The van der Waals surface area contributed by atoms with Crippen molar-refractivity contribution in [3.8, 4) is 5.75 Å². The third kappa shape index (κ3) is 2.74. The summed E-state index contributed by atoms with van der Waals surface area (Å²) in [5.41, 5.74) is -0.287. The van der Waals surface area contributed by atoms with Gasteiger partial charge in [0, 0.05) is 12.6 Å². The van der Waals surface area contributed by atoms with E-state index in [4.69, 9.17) is 0 Å². The number of amides is 1. The maximum absolute atomic E-state index is 13.4. The second-order valence-electron chi connectivity index (χ2n) is 4.14. The molecule has 5 heteroatoms. The first-order chi connectivity index (χ1) is 8.18. The third-order valence-corrected chi connectivity index (χ3v) is 2.89. The molecule has 1 aromatic carbocycles. The van der Waals surface area contributed by atoms with Crippen molar-refractivity contribution in [2.24, 2.45) is 0 Å². The number of halogens is 1. The second-order valence-corrected chi connectivity index (χ2v) is 4.14. The lowest BCUT2D eigenvalue weighted by Crippen LogP contribution is -2.37. The van der Waals surface area contributed by atoms with Crippen molar-refractivity contribution in [3.63, 3.8) is 0 Å². The first-order valence-electron chi connectivity index (χ1n) is 5.67.